The van der Waals surface area contributed by atoms with Crippen molar-refractivity contribution in [3.63, 3.8) is 0 Å². The minimum Gasteiger partial charge on any atom is -0.310 e. The highest BCUT2D eigenvalue weighted by molar-refractivity contribution is 6.05. The van der Waals surface area contributed by atoms with E-state index < -0.39 is 0 Å². The van der Waals surface area contributed by atoms with Crippen molar-refractivity contribution >= 4 is 49.6 Å². The summed E-state index contributed by atoms with van der Waals surface area (Å²) in [6.45, 7) is 4.65. The first-order valence-electron chi connectivity index (χ1n) is 15.8. The molecule has 1 aliphatic heterocycles. The lowest BCUT2D eigenvalue weighted by Crippen LogP contribution is -2.30. The molecule has 0 aliphatic carbocycles. The van der Waals surface area contributed by atoms with Gasteiger partial charge in [0.1, 0.15) is 0 Å². The summed E-state index contributed by atoms with van der Waals surface area (Å²) in [6, 6.07) is 50.3. The Morgan fingerprint density at radius 3 is 1.59 bits per heavy atom. The minimum absolute atomic E-state index is 0.0726. The predicted molar refractivity (Wildman–Crippen MR) is 192 cm³/mol. The van der Waals surface area contributed by atoms with Crippen molar-refractivity contribution in [3.05, 3.63) is 163 Å². The van der Waals surface area contributed by atoms with E-state index in [2.05, 4.69) is 152 Å². The molecule has 46 heavy (non-hydrogen) atoms. The topological polar surface area (TPSA) is 29.0 Å². The number of aromatic nitrogens is 2. The molecule has 2 aromatic heterocycles. The van der Waals surface area contributed by atoms with Crippen molar-refractivity contribution in [1.82, 2.24) is 9.97 Å². The van der Waals surface area contributed by atoms with Gasteiger partial charge in [0.15, 0.2) is 0 Å². The molecular weight excluding hydrogens is 558 g/mol. The van der Waals surface area contributed by atoms with Crippen LogP contribution in [0.15, 0.2) is 152 Å². The number of nitrogens with zero attached hydrogens (tertiary/aromatic N) is 3. The van der Waals surface area contributed by atoms with E-state index in [-0.39, 0.29) is 5.41 Å². The van der Waals surface area contributed by atoms with Crippen LogP contribution in [0.25, 0.3) is 54.8 Å². The summed E-state index contributed by atoms with van der Waals surface area (Å²) in [5.41, 5.74) is 12.6. The Kier molecular flexibility index (Phi) is 5.85. The third-order valence-corrected chi connectivity index (χ3v) is 9.66. The maximum Gasteiger partial charge on any atom is 0.0965 e. The van der Waals surface area contributed by atoms with E-state index in [0.717, 1.165) is 44.2 Å². The van der Waals surface area contributed by atoms with Gasteiger partial charge in [0.05, 0.1) is 22.4 Å². The van der Waals surface area contributed by atoms with Crippen LogP contribution < -0.4 is 4.90 Å². The first-order valence-corrected chi connectivity index (χ1v) is 15.8. The molecule has 8 aromatic rings. The van der Waals surface area contributed by atoms with Crippen LogP contribution in [0.2, 0.25) is 0 Å². The lowest BCUT2D eigenvalue weighted by Gasteiger charge is -2.42. The molecule has 0 fully saturated rings. The number of pyridine rings is 2. The van der Waals surface area contributed by atoms with Gasteiger partial charge >= 0.3 is 0 Å². The maximum absolute atomic E-state index is 4.93. The molecular formula is C43H31N3. The van der Waals surface area contributed by atoms with Crippen LogP contribution in [0.5, 0.6) is 0 Å². The standard InChI is InChI=1S/C43H31N3/c1-43(2)37-12-6-8-14-39(37)46(40-15-9-7-13-38(40)43)36-21-20-29-22-30(16-17-31(29)25-36)35-24-33-19-18-32-23-34(28-10-4-3-5-11-28)26-44-41(32)42(33)45-27-35/h3-27H,1-2H3. The van der Waals surface area contributed by atoms with Crippen molar-refractivity contribution in [3.8, 4) is 22.3 Å². The molecule has 218 valence electrons. The van der Waals surface area contributed by atoms with Gasteiger partial charge in [-0.15, -0.1) is 0 Å². The molecule has 0 saturated carbocycles. The van der Waals surface area contributed by atoms with Crippen LogP contribution in [-0.4, -0.2) is 9.97 Å². The molecule has 0 radical (unpaired) electrons. The number of hydrogen-bond donors (Lipinski definition) is 0. The summed E-state index contributed by atoms with van der Waals surface area (Å²) >= 11 is 0. The average molecular weight is 590 g/mol. The summed E-state index contributed by atoms with van der Waals surface area (Å²) in [4.78, 5) is 12.2. The Bertz CT molecular complexity index is 2410. The van der Waals surface area contributed by atoms with Crippen molar-refractivity contribution in [2.75, 3.05) is 4.90 Å². The molecule has 0 N–H and O–H groups in total. The Balaban J connectivity index is 1.09. The van der Waals surface area contributed by atoms with Crippen LogP contribution in [-0.2, 0) is 5.41 Å². The summed E-state index contributed by atoms with van der Waals surface area (Å²) in [5.74, 6) is 0. The van der Waals surface area contributed by atoms with Crippen LogP contribution in [0, 0.1) is 0 Å². The molecule has 3 heteroatoms. The molecule has 3 nitrogen and oxygen atoms in total. The number of rotatable bonds is 3. The number of anilines is 3. The van der Waals surface area contributed by atoms with Gasteiger partial charge in [0.2, 0.25) is 0 Å². The first kappa shape index (κ1) is 26.6. The third kappa shape index (κ3) is 4.13. The van der Waals surface area contributed by atoms with E-state index in [9.17, 15) is 0 Å². The van der Waals surface area contributed by atoms with Gasteiger partial charge in [0, 0.05) is 45.4 Å². The summed E-state index contributed by atoms with van der Waals surface area (Å²) in [5, 5.41) is 4.59. The Morgan fingerprint density at radius 2 is 0.935 bits per heavy atom. The Hall–Kier alpha value is -5.80. The number of benzene rings is 6. The number of fused-ring (bicyclic) bond motifs is 6. The molecule has 0 bridgehead atoms. The molecule has 0 saturated heterocycles. The van der Waals surface area contributed by atoms with Crippen LogP contribution in [0.4, 0.5) is 17.1 Å². The van der Waals surface area contributed by atoms with E-state index in [1.54, 1.807) is 0 Å². The quantitative estimate of drug-likeness (QED) is 0.192. The summed E-state index contributed by atoms with van der Waals surface area (Å²) in [6.07, 6.45) is 3.93. The summed E-state index contributed by atoms with van der Waals surface area (Å²) in [7, 11) is 0. The van der Waals surface area contributed by atoms with Gasteiger partial charge < -0.3 is 4.90 Å². The van der Waals surface area contributed by atoms with Gasteiger partial charge in [0.25, 0.3) is 0 Å². The minimum atomic E-state index is -0.0726. The Labute approximate surface area is 268 Å². The predicted octanol–water partition coefficient (Wildman–Crippen LogP) is 11.4. The number of hydrogen-bond acceptors (Lipinski definition) is 3. The maximum atomic E-state index is 4.93. The van der Waals surface area contributed by atoms with Crippen LogP contribution >= 0.6 is 0 Å². The third-order valence-electron chi connectivity index (χ3n) is 9.66. The molecule has 0 unspecified atom stereocenters. The van der Waals surface area contributed by atoms with Crippen LogP contribution in [0.1, 0.15) is 25.0 Å². The smallest absolute Gasteiger partial charge is 0.0965 e. The fraction of sp³-hybridized carbons (Fsp3) is 0.0698. The van der Waals surface area contributed by atoms with Gasteiger partial charge in [-0.1, -0.05) is 111 Å². The lowest BCUT2D eigenvalue weighted by molar-refractivity contribution is 0.632. The molecule has 9 rings (SSSR count). The number of para-hydroxylation sites is 2. The van der Waals surface area contributed by atoms with Gasteiger partial charge in [-0.25, -0.2) is 0 Å². The fourth-order valence-corrected chi connectivity index (χ4v) is 7.24. The molecule has 6 aromatic carbocycles. The molecule has 0 atom stereocenters. The van der Waals surface area contributed by atoms with Crippen molar-refractivity contribution in [2.45, 2.75) is 19.3 Å². The van der Waals surface area contributed by atoms with Gasteiger partial charge in [-0.3, -0.25) is 9.97 Å². The van der Waals surface area contributed by atoms with Gasteiger partial charge in [-0.05, 0) is 75.5 Å². The normalized spacial score (nSPS) is 13.6. The molecule has 0 spiro atoms. The molecule has 3 heterocycles. The van der Waals surface area contributed by atoms with Crippen LogP contribution in [0.3, 0.4) is 0 Å². The zero-order chi connectivity index (χ0) is 30.8. The van der Waals surface area contributed by atoms with E-state index in [0.29, 0.717) is 0 Å². The highest BCUT2D eigenvalue weighted by Gasteiger charge is 2.36. The van der Waals surface area contributed by atoms with E-state index >= 15 is 0 Å². The average Bonchev–Trinajstić information content (AvgIpc) is 3.11. The lowest BCUT2D eigenvalue weighted by atomic mass is 9.73. The van der Waals surface area contributed by atoms with Gasteiger partial charge in [-0.2, -0.15) is 0 Å². The van der Waals surface area contributed by atoms with Crippen molar-refractivity contribution in [2.24, 2.45) is 0 Å². The zero-order valence-corrected chi connectivity index (χ0v) is 25.8. The second-order valence-electron chi connectivity index (χ2n) is 12.8. The SMILES string of the molecule is CC1(C)c2ccccc2N(c2ccc3cc(-c4cnc5c(ccc6cc(-c7ccccc7)cnc65)c4)ccc3c2)c2ccccc21. The monoisotopic (exact) mass is 589 g/mol. The fourth-order valence-electron chi connectivity index (χ4n) is 7.24. The van der Waals surface area contributed by atoms with Crippen molar-refractivity contribution in [1.29, 1.82) is 0 Å². The van der Waals surface area contributed by atoms with E-state index in [1.807, 2.05) is 18.5 Å². The highest BCUT2D eigenvalue weighted by Crippen LogP contribution is 2.51. The van der Waals surface area contributed by atoms with Crippen molar-refractivity contribution < 1.29 is 0 Å². The second-order valence-corrected chi connectivity index (χ2v) is 12.8. The van der Waals surface area contributed by atoms with E-state index in [4.69, 9.17) is 9.97 Å². The highest BCUT2D eigenvalue weighted by atomic mass is 15.2. The largest absolute Gasteiger partial charge is 0.310 e. The molecule has 1 aliphatic rings. The zero-order valence-electron chi connectivity index (χ0n) is 25.8. The summed E-state index contributed by atoms with van der Waals surface area (Å²) < 4.78 is 0. The first-order chi connectivity index (χ1) is 22.5. The molecule has 0 amide bonds. The Morgan fingerprint density at radius 1 is 0.435 bits per heavy atom. The van der Waals surface area contributed by atoms with E-state index in [1.165, 1.54) is 38.8 Å². The second kappa shape index (κ2) is 10.1.